The fourth-order valence-corrected chi connectivity index (χ4v) is 4.42. The van der Waals surface area contributed by atoms with E-state index in [0.717, 1.165) is 11.4 Å². The number of ether oxygens (including phenoxy) is 1. The van der Waals surface area contributed by atoms with Gasteiger partial charge >= 0.3 is 0 Å². The number of anilines is 3. The molecule has 0 bridgehead atoms. The van der Waals surface area contributed by atoms with Gasteiger partial charge in [0.1, 0.15) is 5.75 Å². The van der Waals surface area contributed by atoms with Gasteiger partial charge in [0.2, 0.25) is 11.0 Å². The molecule has 146 valence electrons. The molecular formula is C18H16Cl2N4O2S2. The molecule has 0 saturated heterocycles. The number of thioether (sulfide) groups is 1. The molecule has 1 atom stereocenters. The molecule has 1 unspecified atom stereocenters. The summed E-state index contributed by atoms with van der Waals surface area (Å²) in [7, 11) is 1.61. The second kappa shape index (κ2) is 9.47. The van der Waals surface area contributed by atoms with Gasteiger partial charge in [-0.15, -0.1) is 10.2 Å². The van der Waals surface area contributed by atoms with E-state index in [4.69, 9.17) is 27.9 Å². The molecule has 1 amide bonds. The van der Waals surface area contributed by atoms with E-state index in [2.05, 4.69) is 20.8 Å². The first kappa shape index (κ1) is 20.7. The molecule has 3 rings (SSSR count). The molecule has 3 aromatic rings. The highest BCUT2D eigenvalue weighted by Crippen LogP contribution is 2.32. The highest BCUT2D eigenvalue weighted by atomic mass is 35.5. The van der Waals surface area contributed by atoms with Crippen LogP contribution in [0, 0.1) is 0 Å². The third-order valence-electron chi connectivity index (χ3n) is 3.56. The van der Waals surface area contributed by atoms with Crippen LogP contribution in [-0.4, -0.2) is 28.5 Å². The number of benzene rings is 2. The number of rotatable bonds is 7. The summed E-state index contributed by atoms with van der Waals surface area (Å²) >= 11 is 14.7. The lowest BCUT2D eigenvalue weighted by Crippen LogP contribution is -2.22. The van der Waals surface area contributed by atoms with Crippen LogP contribution < -0.4 is 15.4 Å². The number of halogens is 2. The Labute approximate surface area is 180 Å². The Balaban J connectivity index is 1.60. The lowest BCUT2D eigenvalue weighted by molar-refractivity contribution is -0.115. The molecule has 10 heteroatoms. The molecule has 0 spiro atoms. The highest BCUT2D eigenvalue weighted by Gasteiger charge is 2.18. The molecule has 0 aliphatic carbocycles. The van der Waals surface area contributed by atoms with Crippen LogP contribution in [0.4, 0.5) is 16.5 Å². The van der Waals surface area contributed by atoms with E-state index in [9.17, 15) is 4.79 Å². The summed E-state index contributed by atoms with van der Waals surface area (Å²) in [6.45, 7) is 1.79. The Kier molecular flexibility index (Phi) is 7.01. The predicted molar refractivity (Wildman–Crippen MR) is 117 cm³/mol. The lowest BCUT2D eigenvalue weighted by Gasteiger charge is -2.11. The Morgan fingerprint density at radius 2 is 2.04 bits per heavy atom. The largest absolute Gasteiger partial charge is 0.497 e. The molecule has 28 heavy (non-hydrogen) atoms. The Hall–Kier alpha value is -2.00. The smallest absolute Gasteiger partial charge is 0.237 e. The number of amides is 1. The molecule has 1 heterocycles. The second-order valence-electron chi connectivity index (χ2n) is 5.60. The van der Waals surface area contributed by atoms with Gasteiger partial charge in [-0.25, -0.2) is 0 Å². The zero-order valence-corrected chi connectivity index (χ0v) is 18.0. The zero-order valence-electron chi connectivity index (χ0n) is 14.9. The minimum Gasteiger partial charge on any atom is -0.497 e. The van der Waals surface area contributed by atoms with Crippen LogP contribution in [0.3, 0.4) is 0 Å². The number of carbonyl (C=O) groups excluding carboxylic acids is 1. The molecule has 0 aliphatic heterocycles. The minimum atomic E-state index is -0.396. The Morgan fingerprint density at radius 3 is 2.82 bits per heavy atom. The van der Waals surface area contributed by atoms with Crippen LogP contribution in [0.15, 0.2) is 46.8 Å². The molecule has 0 radical (unpaired) electrons. The van der Waals surface area contributed by atoms with Gasteiger partial charge in [-0.1, -0.05) is 52.4 Å². The third-order valence-corrected chi connectivity index (χ3v) is 6.15. The van der Waals surface area contributed by atoms with Crippen LogP contribution in [0.1, 0.15) is 6.92 Å². The van der Waals surface area contributed by atoms with Gasteiger partial charge in [-0.3, -0.25) is 4.79 Å². The standard InChI is InChI=1S/C18H16Cl2N4O2S2/c1-10(16(25)22-15-8-11(19)6-7-14(15)20)27-18-24-23-17(28-18)21-12-4-3-5-13(9-12)26-2/h3-10H,1-2H3,(H,21,23)(H,22,25). The second-order valence-corrected chi connectivity index (χ2v) is 9.01. The van der Waals surface area contributed by atoms with Crippen molar-refractivity contribution < 1.29 is 9.53 Å². The van der Waals surface area contributed by atoms with Crippen molar-refractivity contribution in [1.82, 2.24) is 10.2 Å². The van der Waals surface area contributed by atoms with Crippen LogP contribution in [0.2, 0.25) is 10.0 Å². The van der Waals surface area contributed by atoms with Crippen molar-refractivity contribution in [3.05, 3.63) is 52.5 Å². The quantitative estimate of drug-likeness (QED) is 0.444. The van der Waals surface area contributed by atoms with Crippen LogP contribution in [0.5, 0.6) is 5.75 Å². The number of nitrogens with zero attached hydrogens (tertiary/aromatic N) is 2. The van der Waals surface area contributed by atoms with Crippen molar-refractivity contribution in [2.75, 3.05) is 17.7 Å². The highest BCUT2D eigenvalue weighted by molar-refractivity contribution is 8.02. The number of methoxy groups -OCH3 is 1. The number of aromatic nitrogens is 2. The van der Waals surface area contributed by atoms with Gasteiger partial charge in [0, 0.05) is 16.8 Å². The molecule has 1 aromatic heterocycles. The van der Waals surface area contributed by atoms with E-state index < -0.39 is 5.25 Å². The summed E-state index contributed by atoms with van der Waals surface area (Å²) in [6, 6.07) is 12.4. The molecule has 6 nitrogen and oxygen atoms in total. The first-order valence-corrected chi connectivity index (χ1v) is 10.6. The third kappa shape index (κ3) is 5.51. The summed E-state index contributed by atoms with van der Waals surface area (Å²) in [5.74, 6) is 0.542. The zero-order chi connectivity index (χ0) is 20.1. The number of hydrogen-bond acceptors (Lipinski definition) is 7. The Morgan fingerprint density at radius 1 is 1.21 bits per heavy atom. The summed E-state index contributed by atoms with van der Waals surface area (Å²) < 4.78 is 5.87. The van der Waals surface area contributed by atoms with Crippen molar-refractivity contribution in [2.45, 2.75) is 16.5 Å². The molecule has 2 aromatic carbocycles. The summed E-state index contributed by atoms with van der Waals surface area (Å²) in [6.07, 6.45) is 0. The molecule has 0 saturated carbocycles. The van der Waals surface area contributed by atoms with Gasteiger partial charge in [-0.05, 0) is 37.3 Å². The predicted octanol–water partition coefficient (Wildman–Crippen LogP) is 5.72. The maximum absolute atomic E-state index is 12.4. The maximum Gasteiger partial charge on any atom is 0.237 e. The normalized spacial score (nSPS) is 11.7. The van der Waals surface area contributed by atoms with E-state index in [1.807, 2.05) is 24.3 Å². The maximum atomic E-state index is 12.4. The Bertz CT molecular complexity index is 984. The van der Waals surface area contributed by atoms with Gasteiger partial charge < -0.3 is 15.4 Å². The van der Waals surface area contributed by atoms with Crippen LogP contribution in [0.25, 0.3) is 0 Å². The van der Waals surface area contributed by atoms with Crippen molar-refractivity contribution in [3.63, 3.8) is 0 Å². The number of nitrogens with one attached hydrogen (secondary N) is 2. The summed E-state index contributed by atoms with van der Waals surface area (Å²) in [5.41, 5.74) is 1.32. The van der Waals surface area contributed by atoms with Crippen molar-refractivity contribution >= 4 is 68.7 Å². The number of carbonyl (C=O) groups is 1. The molecule has 2 N–H and O–H groups in total. The van der Waals surface area contributed by atoms with Gasteiger partial charge in [0.15, 0.2) is 4.34 Å². The monoisotopic (exact) mass is 454 g/mol. The lowest BCUT2D eigenvalue weighted by atomic mass is 10.3. The van der Waals surface area contributed by atoms with E-state index in [1.54, 1.807) is 32.2 Å². The van der Waals surface area contributed by atoms with Gasteiger partial charge in [0.25, 0.3) is 0 Å². The van der Waals surface area contributed by atoms with E-state index in [-0.39, 0.29) is 5.91 Å². The topological polar surface area (TPSA) is 76.1 Å². The number of hydrogen-bond donors (Lipinski definition) is 2. The SMILES string of the molecule is COc1cccc(Nc2nnc(SC(C)C(=O)Nc3cc(Cl)ccc3Cl)s2)c1. The fraction of sp³-hybridized carbons (Fsp3) is 0.167. The minimum absolute atomic E-state index is 0.202. The molecule has 0 fully saturated rings. The first-order valence-electron chi connectivity index (χ1n) is 8.12. The average Bonchev–Trinajstić information content (AvgIpc) is 3.11. The van der Waals surface area contributed by atoms with Crippen molar-refractivity contribution in [3.8, 4) is 5.75 Å². The van der Waals surface area contributed by atoms with Gasteiger partial charge in [-0.2, -0.15) is 0 Å². The van der Waals surface area contributed by atoms with Crippen molar-refractivity contribution in [2.24, 2.45) is 0 Å². The van der Waals surface area contributed by atoms with E-state index >= 15 is 0 Å². The molecule has 0 aliphatic rings. The van der Waals surface area contributed by atoms with Crippen molar-refractivity contribution in [1.29, 1.82) is 0 Å². The van der Waals surface area contributed by atoms with E-state index in [0.29, 0.717) is 25.2 Å². The van der Waals surface area contributed by atoms with E-state index in [1.165, 1.54) is 23.1 Å². The summed E-state index contributed by atoms with van der Waals surface area (Å²) in [4.78, 5) is 12.4. The average molecular weight is 455 g/mol. The van der Waals surface area contributed by atoms with Crippen LogP contribution >= 0.6 is 46.3 Å². The fourth-order valence-electron chi connectivity index (χ4n) is 2.16. The van der Waals surface area contributed by atoms with Gasteiger partial charge in [0.05, 0.1) is 23.1 Å². The van der Waals surface area contributed by atoms with Crippen LogP contribution in [-0.2, 0) is 4.79 Å². The summed E-state index contributed by atoms with van der Waals surface area (Å²) in [5, 5.41) is 15.4. The molecular weight excluding hydrogens is 439 g/mol. The first-order chi connectivity index (χ1) is 13.4.